The fraction of sp³-hybridized carbons (Fsp3) is 0.308. The summed E-state index contributed by atoms with van der Waals surface area (Å²) in [7, 11) is 1.84. The van der Waals surface area contributed by atoms with Gasteiger partial charge in [0.25, 0.3) is 0 Å². The smallest absolute Gasteiger partial charge is 0.313 e. The van der Waals surface area contributed by atoms with Crippen LogP contribution in [0.4, 0.5) is 0 Å². The third-order valence-electron chi connectivity index (χ3n) is 2.78. The Hall–Kier alpha value is -1.82. The molecule has 0 aliphatic carbocycles. The Morgan fingerprint density at radius 2 is 2.00 bits per heavy atom. The lowest BCUT2D eigenvalue weighted by atomic mass is 10.1. The summed E-state index contributed by atoms with van der Waals surface area (Å²) >= 11 is 1.17. The van der Waals surface area contributed by atoms with Gasteiger partial charge in [-0.1, -0.05) is 43.0 Å². The van der Waals surface area contributed by atoms with Crippen LogP contribution in [0, 0.1) is 0 Å². The molecular weight excluding hydrogens is 262 g/mol. The molecule has 1 heterocycles. The third kappa shape index (κ3) is 3.14. The molecule has 0 amide bonds. The molecule has 0 radical (unpaired) electrons. The van der Waals surface area contributed by atoms with Gasteiger partial charge in [-0.3, -0.25) is 4.79 Å². The minimum Gasteiger partial charge on any atom is -0.481 e. The molecule has 100 valence electrons. The molecule has 0 saturated heterocycles. The van der Waals surface area contributed by atoms with Crippen LogP contribution in [0.2, 0.25) is 0 Å². The number of nitrogens with zero attached hydrogens (tertiary/aromatic N) is 3. The Labute approximate surface area is 115 Å². The molecule has 0 fully saturated rings. The number of carboxylic acid groups (broad SMARTS) is 1. The van der Waals surface area contributed by atoms with Gasteiger partial charge in [0.15, 0.2) is 11.0 Å². The quantitative estimate of drug-likeness (QED) is 0.849. The highest BCUT2D eigenvalue weighted by Gasteiger charge is 2.12. The highest BCUT2D eigenvalue weighted by Crippen LogP contribution is 2.22. The van der Waals surface area contributed by atoms with Crippen molar-refractivity contribution in [3.8, 4) is 11.4 Å². The van der Waals surface area contributed by atoms with Crippen LogP contribution in [0.15, 0.2) is 29.4 Å². The topological polar surface area (TPSA) is 68.0 Å². The average Bonchev–Trinajstić information content (AvgIpc) is 2.78. The Bertz CT molecular complexity index is 578. The Balaban J connectivity index is 2.22. The number of aryl methyl sites for hydroxylation is 1. The summed E-state index contributed by atoms with van der Waals surface area (Å²) in [6, 6.07) is 8.14. The van der Waals surface area contributed by atoms with Gasteiger partial charge in [-0.2, -0.15) is 0 Å². The highest BCUT2D eigenvalue weighted by molar-refractivity contribution is 7.99. The van der Waals surface area contributed by atoms with Crippen LogP contribution in [0.5, 0.6) is 0 Å². The molecule has 0 spiro atoms. The van der Waals surface area contributed by atoms with E-state index >= 15 is 0 Å². The van der Waals surface area contributed by atoms with Crippen LogP contribution >= 0.6 is 11.8 Å². The molecule has 1 aromatic carbocycles. The predicted molar refractivity (Wildman–Crippen MR) is 74.2 cm³/mol. The summed E-state index contributed by atoms with van der Waals surface area (Å²) in [5, 5.41) is 17.4. The molecule has 2 aromatic rings. The number of rotatable bonds is 5. The second kappa shape index (κ2) is 5.88. The molecule has 1 aromatic heterocycles. The minimum absolute atomic E-state index is 0.0131. The number of thioether (sulfide) groups is 1. The van der Waals surface area contributed by atoms with Gasteiger partial charge in [-0.05, 0) is 12.0 Å². The molecule has 6 heteroatoms. The number of carbonyl (C=O) groups is 1. The number of aliphatic carboxylic acids is 1. The van der Waals surface area contributed by atoms with Crippen LogP contribution < -0.4 is 0 Å². The number of carboxylic acids is 1. The zero-order valence-electron chi connectivity index (χ0n) is 10.8. The van der Waals surface area contributed by atoms with Crippen molar-refractivity contribution < 1.29 is 9.90 Å². The van der Waals surface area contributed by atoms with Crippen LogP contribution in [-0.2, 0) is 18.3 Å². The largest absolute Gasteiger partial charge is 0.481 e. The van der Waals surface area contributed by atoms with E-state index in [2.05, 4.69) is 29.3 Å². The Morgan fingerprint density at radius 1 is 1.32 bits per heavy atom. The van der Waals surface area contributed by atoms with E-state index in [1.165, 1.54) is 17.3 Å². The van der Waals surface area contributed by atoms with E-state index in [0.29, 0.717) is 5.16 Å². The van der Waals surface area contributed by atoms with Crippen molar-refractivity contribution >= 4 is 17.7 Å². The first-order valence-corrected chi connectivity index (χ1v) is 6.93. The molecule has 2 rings (SSSR count). The first-order valence-electron chi connectivity index (χ1n) is 5.95. The zero-order valence-corrected chi connectivity index (χ0v) is 11.6. The second-order valence-electron chi connectivity index (χ2n) is 4.10. The van der Waals surface area contributed by atoms with Gasteiger partial charge < -0.3 is 9.67 Å². The second-order valence-corrected chi connectivity index (χ2v) is 5.04. The normalized spacial score (nSPS) is 10.6. The maximum absolute atomic E-state index is 10.6. The lowest BCUT2D eigenvalue weighted by Gasteiger charge is -2.04. The van der Waals surface area contributed by atoms with Gasteiger partial charge in [0.05, 0.1) is 5.75 Å². The summed E-state index contributed by atoms with van der Waals surface area (Å²) in [6.07, 6.45) is 0.999. The van der Waals surface area contributed by atoms with Crippen molar-refractivity contribution in [1.82, 2.24) is 14.8 Å². The fourth-order valence-electron chi connectivity index (χ4n) is 1.71. The number of hydrogen-bond donors (Lipinski definition) is 1. The first-order chi connectivity index (χ1) is 9.11. The van der Waals surface area contributed by atoms with Crippen molar-refractivity contribution in [2.75, 3.05) is 5.75 Å². The number of benzene rings is 1. The van der Waals surface area contributed by atoms with Crippen LogP contribution in [-0.4, -0.2) is 31.6 Å². The summed E-state index contributed by atoms with van der Waals surface area (Å²) in [6.45, 7) is 2.11. The summed E-state index contributed by atoms with van der Waals surface area (Å²) in [5.74, 6) is -0.127. The van der Waals surface area contributed by atoms with E-state index in [4.69, 9.17) is 5.11 Å². The van der Waals surface area contributed by atoms with Crippen LogP contribution in [0.3, 0.4) is 0 Å². The van der Waals surface area contributed by atoms with E-state index in [1.807, 2.05) is 23.7 Å². The zero-order chi connectivity index (χ0) is 13.8. The van der Waals surface area contributed by atoms with E-state index in [0.717, 1.165) is 17.8 Å². The maximum atomic E-state index is 10.6. The van der Waals surface area contributed by atoms with Crippen molar-refractivity contribution in [3.63, 3.8) is 0 Å². The van der Waals surface area contributed by atoms with Crippen molar-refractivity contribution in [1.29, 1.82) is 0 Å². The van der Waals surface area contributed by atoms with Gasteiger partial charge in [-0.25, -0.2) is 0 Å². The molecule has 0 aliphatic heterocycles. The van der Waals surface area contributed by atoms with E-state index < -0.39 is 5.97 Å². The number of aromatic nitrogens is 3. The molecule has 19 heavy (non-hydrogen) atoms. The summed E-state index contributed by atoms with van der Waals surface area (Å²) in [4.78, 5) is 10.6. The SMILES string of the molecule is CCc1ccc(-c2nnc(SCC(=O)O)n2C)cc1. The monoisotopic (exact) mass is 277 g/mol. The lowest BCUT2D eigenvalue weighted by molar-refractivity contribution is -0.133. The van der Waals surface area contributed by atoms with Crippen molar-refractivity contribution in [2.45, 2.75) is 18.5 Å². The van der Waals surface area contributed by atoms with Gasteiger partial charge in [-0.15, -0.1) is 10.2 Å². The van der Waals surface area contributed by atoms with E-state index in [9.17, 15) is 4.79 Å². The van der Waals surface area contributed by atoms with Crippen molar-refractivity contribution in [3.05, 3.63) is 29.8 Å². The Kier molecular flexibility index (Phi) is 4.21. The summed E-state index contributed by atoms with van der Waals surface area (Å²) in [5.41, 5.74) is 2.25. The van der Waals surface area contributed by atoms with Gasteiger partial charge >= 0.3 is 5.97 Å². The van der Waals surface area contributed by atoms with E-state index in [-0.39, 0.29) is 5.75 Å². The molecule has 1 N–H and O–H groups in total. The lowest BCUT2D eigenvalue weighted by Crippen LogP contribution is -2.01. The molecule has 0 bridgehead atoms. The van der Waals surface area contributed by atoms with Gasteiger partial charge in [0.1, 0.15) is 0 Å². The molecule has 0 aliphatic rings. The average molecular weight is 277 g/mol. The highest BCUT2D eigenvalue weighted by atomic mass is 32.2. The predicted octanol–water partition coefficient (Wildman–Crippen LogP) is 2.22. The fourth-order valence-corrected chi connectivity index (χ4v) is 2.34. The standard InChI is InChI=1S/C13H15N3O2S/c1-3-9-4-6-10(7-5-9)12-14-15-13(16(12)2)19-8-11(17)18/h4-7H,3,8H2,1-2H3,(H,17,18). The van der Waals surface area contributed by atoms with E-state index in [1.54, 1.807) is 0 Å². The van der Waals surface area contributed by atoms with Crippen molar-refractivity contribution in [2.24, 2.45) is 7.05 Å². The third-order valence-corrected chi connectivity index (χ3v) is 3.79. The minimum atomic E-state index is -0.859. The maximum Gasteiger partial charge on any atom is 0.313 e. The van der Waals surface area contributed by atoms with Crippen LogP contribution in [0.1, 0.15) is 12.5 Å². The molecule has 0 saturated carbocycles. The Morgan fingerprint density at radius 3 is 2.58 bits per heavy atom. The molecule has 0 atom stereocenters. The van der Waals surface area contributed by atoms with Crippen LogP contribution in [0.25, 0.3) is 11.4 Å². The molecule has 0 unspecified atom stereocenters. The molecule has 5 nitrogen and oxygen atoms in total. The van der Waals surface area contributed by atoms with Gasteiger partial charge in [0, 0.05) is 12.6 Å². The summed E-state index contributed by atoms with van der Waals surface area (Å²) < 4.78 is 1.81. The first kappa shape index (κ1) is 13.6. The molecular formula is C13H15N3O2S. The van der Waals surface area contributed by atoms with Gasteiger partial charge in [0.2, 0.25) is 0 Å². The number of hydrogen-bond acceptors (Lipinski definition) is 4.